The Hall–Kier alpha value is -0.460. The summed E-state index contributed by atoms with van der Waals surface area (Å²) in [7, 11) is 0. The van der Waals surface area contributed by atoms with Crippen LogP contribution in [0.15, 0.2) is 11.6 Å². The number of ether oxygens (including phenoxy) is 2. The normalized spacial score (nSPS) is 48.1. The number of aliphatic hydroxyl groups excluding tert-OH is 2. The van der Waals surface area contributed by atoms with Gasteiger partial charge >= 0.3 is 0 Å². The zero-order valence-corrected chi connectivity index (χ0v) is 26.6. The third kappa shape index (κ3) is 5.38. The van der Waals surface area contributed by atoms with E-state index in [9.17, 15) is 15.3 Å². The van der Waals surface area contributed by atoms with E-state index in [1.54, 1.807) is 5.57 Å². The van der Waals surface area contributed by atoms with E-state index in [0.717, 1.165) is 31.1 Å². The van der Waals surface area contributed by atoms with Crippen molar-refractivity contribution in [3.8, 4) is 0 Å². The summed E-state index contributed by atoms with van der Waals surface area (Å²) in [5.74, 6) is 3.22. The van der Waals surface area contributed by atoms with Crippen molar-refractivity contribution in [1.82, 2.24) is 0 Å². The minimum atomic E-state index is -0.555. The fourth-order valence-electron chi connectivity index (χ4n) is 11.0. The summed E-state index contributed by atoms with van der Waals surface area (Å²) in [6.07, 6.45) is 14.5. The molecule has 3 unspecified atom stereocenters. The van der Waals surface area contributed by atoms with Crippen molar-refractivity contribution in [2.75, 3.05) is 6.61 Å². The van der Waals surface area contributed by atoms with Crippen LogP contribution in [-0.2, 0) is 9.47 Å². The zero-order chi connectivity index (χ0) is 29.1. The topological polar surface area (TPSA) is 79.2 Å². The average molecular weight is 561 g/mol. The predicted octanol–water partition coefficient (Wildman–Crippen LogP) is 7.02. The van der Waals surface area contributed by atoms with Gasteiger partial charge < -0.3 is 24.8 Å². The van der Waals surface area contributed by atoms with Crippen molar-refractivity contribution in [2.45, 2.75) is 156 Å². The van der Waals surface area contributed by atoms with Gasteiger partial charge in [0.2, 0.25) is 0 Å². The first-order valence-corrected chi connectivity index (χ1v) is 16.7. The Morgan fingerprint density at radius 3 is 2.52 bits per heavy atom. The molecule has 3 N–H and O–H groups in total. The van der Waals surface area contributed by atoms with Gasteiger partial charge in [0.15, 0.2) is 6.29 Å². The van der Waals surface area contributed by atoms with E-state index in [1.165, 1.54) is 44.9 Å². The summed E-state index contributed by atoms with van der Waals surface area (Å²) >= 11 is 0. The second-order valence-corrected chi connectivity index (χ2v) is 16.2. The van der Waals surface area contributed by atoms with Crippen molar-refractivity contribution >= 4 is 0 Å². The van der Waals surface area contributed by atoms with Gasteiger partial charge in [-0.25, -0.2) is 0 Å². The molecule has 0 aromatic rings. The largest absolute Gasteiger partial charge is 0.394 e. The highest BCUT2D eigenvalue weighted by Crippen LogP contribution is 2.74. The van der Waals surface area contributed by atoms with Gasteiger partial charge in [-0.3, -0.25) is 0 Å². The molecule has 0 spiro atoms. The van der Waals surface area contributed by atoms with Crippen LogP contribution >= 0.6 is 0 Å². The molecule has 0 aromatic carbocycles. The molecule has 4 fully saturated rings. The lowest BCUT2D eigenvalue weighted by Gasteiger charge is -2.65. The minimum Gasteiger partial charge on any atom is -0.394 e. The lowest BCUT2D eigenvalue weighted by molar-refractivity contribution is -0.248. The van der Waals surface area contributed by atoms with Gasteiger partial charge in [0.1, 0.15) is 0 Å². The smallest absolute Gasteiger partial charge is 0.160 e. The molecule has 1 saturated heterocycles. The Bertz CT molecular complexity index is 925. The molecule has 230 valence electrons. The van der Waals surface area contributed by atoms with E-state index < -0.39 is 18.0 Å². The van der Waals surface area contributed by atoms with Crippen molar-refractivity contribution in [1.29, 1.82) is 0 Å². The Kier molecular flexibility index (Phi) is 8.70. The maximum atomic E-state index is 10.3. The summed E-state index contributed by atoms with van der Waals surface area (Å²) in [6.45, 7) is 16.6. The highest BCUT2D eigenvalue weighted by atomic mass is 16.7. The van der Waals surface area contributed by atoms with Gasteiger partial charge in [0.25, 0.3) is 0 Å². The molecular weight excluding hydrogens is 500 g/mol. The Morgan fingerprint density at radius 2 is 1.82 bits per heavy atom. The SMILES string of the molecule is C[C@H](CCCC(C)(C)O)C1CC[C@@]2(C)C3CC=C4C(CC[C@H](O[C@H]5C[C@@H](O)C[C@@H](CO)O5)[C@@H]4C)[C@]3(C)CC[C@]12C. The van der Waals surface area contributed by atoms with E-state index in [0.29, 0.717) is 46.8 Å². The van der Waals surface area contributed by atoms with Crippen LogP contribution in [0.3, 0.4) is 0 Å². The highest BCUT2D eigenvalue weighted by molar-refractivity contribution is 5.27. The van der Waals surface area contributed by atoms with Gasteiger partial charge in [-0.15, -0.1) is 0 Å². The zero-order valence-electron chi connectivity index (χ0n) is 26.6. The minimum absolute atomic E-state index is 0.0672. The molecule has 0 aromatic heterocycles. The second-order valence-electron chi connectivity index (χ2n) is 16.2. The number of fused-ring (bicyclic) bond motifs is 5. The maximum absolute atomic E-state index is 10.3. The summed E-state index contributed by atoms with van der Waals surface area (Å²) in [5, 5.41) is 30.1. The van der Waals surface area contributed by atoms with Crippen LogP contribution in [0, 0.1) is 45.8 Å². The van der Waals surface area contributed by atoms with Crippen LogP contribution in [0.4, 0.5) is 0 Å². The number of hydrogen-bond acceptors (Lipinski definition) is 5. The van der Waals surface area contributed by atoms with E-state index in [2.05, 4.69) is 40.7 Å². The second kappa shape index (κ2) is 11.2. The molecule has 1 aliphatic heterocycles. The third-order valence-corrected chi connectivity index (χ3v) is 13.5. The molecular formula is C35H60O5. The van der Waals surface area contributed by atoms with Crippen LogP contribution in [0.2, 0.25) is 0 Å². The molecule has 5 aliphatic rings. The summed E-state index contributed by atoms with van der Waals surface area (Å²) < 4.78 is 12.5. The first kappa shape index (κ1) is 31.0. The van der Waals surface area contributed by atoms with Gasteiger partial charge in [-0.1, -0.05) is 59.1 Å². The van der Waals surface area contributed by atoms with Crippen molar-refractivity contribution in [3.63, 3.8) is 0 Å². The molecule has 1 heterocycles. The molecule has 5 nitrogen and oxygen atoms in total. The van der Waals surface area contributed by atoms with Crippen LogP contribution in [0.5, 0.6) is 0 Å². The average Bonchev–Trinajstić information content (AvgIpc) is 3.15. The van der Waals surface area contributed by atoms with E-state index >= 15 is 0 Å². The fourth-order valence-corrected chi connectivity index (χ4v) is 11.0. The van der Waals surface area contributed by atoms with E-state index in [4.69, 9.17) is 9.47 Å². The number of allylic oxidation sites excluding steroid dienone is 1. The molecule has 40 heavy (non-hydrogen) atoms. The Labute approximate surface area is 244 Å². The maximum Gasteiger partial charge on any atom is 0.160 e. The molecule has 0 bridgehead atoms. The monoisotopic (exact) mass is 560 g/mol. The fraction of sp³-hybridized carbons (Fsp3) is 0.943. The Morgan fingerprint density at radius 1 is 1.07 bits per heavy atom. The first-order chi connectivity index (χ1) is 18.7. The van der Waals surface area contributed by atoms with Crippen molar-refractivity contribution in [3.05, 3.63) is 11.6 Å². The van der Waals surface area contributed by atoms with Gasteiger partial charge in [0.05, 0.1) is 30.5 Å². The van der Waals surface area contributed by atoms with Crippen molar-refractivity contribution < 1.29 is 24.8 Å². The quantitative estimate of drug-likeness (QED) is 0.278. The lowest BCUT2D eigenvalue weighted by atomic mass is 9.40. The van der Waals surface area contributed by atoms with Crippen LogP contribution in [0.1, 0.15) is 126 Å². The summed E-state index contributed by atoms with van der Waals surface area (Å²) in [5.41, 5.74) is 2.17. The van der Waals surface area contributed by atoms with E-state index in [-0.39, 0.29) is 18.8 Å². The lowest BCUT2D eigenvalue weighted by Crippen LogP contribution is -2.58. The van der Waals surface area contributed by atoms with Crippen molar-refractivity contribution in [2.24, 2.45) is 45.8 Å². The number of aliphatic hydroxyl groups is 3. The molecule has 5 heteroatoms. The van der Waals surface area contributed by atoms with Crippen LogP contribution < -0.4 is 0 Å². The van der Waals surface area contributed by atoms with Crippen LogP contribution in [-0.4, -0.2) is 52.1 Å². The highest BCUT2D eigenvalue weighted by Gasteiger charge is 2.66. The van der Waals surface area contributed by atoms with Crippen LogP contribution in [0.25, 0.3) is 0 Å². The Balaban J connectivity index is 1.29. The third-order valence-electron chi connectivity index (χ3n) is 13.5. The number of hydrogen-bond donors (Lipinski definition) is 3. The summed E-state index contributed by atoms with van der Waals surface area (Å²) in [4.78, 5) is 0. The molecule has 0 amide bonds. The first-order valence-electron chi connectivity index (χ1n) is 16.7. The summed E-state index contributed by atoms with van der Waals surface area (Å²) in [6, 6.07) is 0. The molecule has 0 radical (unpaired) electrons. The molecule has 12 atom stereocenters. The van der Waals surface area contributed by atoms with Gasteiger partial charge in [-0.05, 0) is 105 Å². The predicted molar refractivity (Wildman–Crippen MR) is 160 cm³/mol. The standard InChI is InChI=1S/C35H60O5/c1-22(9-8-15-32(3,4)38)27-14-16-35(7)30-13-10-26-23(2)29(40-31-20-24(37)19-25(21-36)39-31)12-11-28(26)33(30,5)17-18-34(27,35)6/h10,22-25,27-31,36-38H,8-9,11-21H2,1-7H3/t22-,23-,24+,25+,27?,28?,29+,30?,31+,33+,34-,35+/m1/s1. The molecule has 5 rings (SSSR count). The van der Waals surface area contributed by atoms with E-state index in [1.807, 2.05) is 13.8 Å². The molecule has 3 saturated carbocycles. The van der Waals surface area contributed by atoms with Gasteiger partial charge in [-0.2, -0.15) is 0 Å². The molecule has 4 aliphatic carbocycles. The number of rotatable bonds is 8. The van der Waals surface area contributed by atoms with Gasteiger partial charge in [0, 0.05) is 18.8 Å².